The first kappa shape index (κ1) is 15.1. The van der Waals surface area contributed by atoms with Crippen molar-refractivity contribution in [2.45, 2.75) is 31.7 Å². The zero-order valence-electron chi connectivity index (χ0n) is 10.8. The van der Waals surface area contributed by atoms with Gasteiger partial charge in [-0.05, 0) is 43.7 Å². The lowest BCUT2D eigenvalue weighted by atomic mass is 9.87. The van der Waals surface area contributed by atoms with Gasteiger partial charge in [0.25, 0.3) is 0 Å². The number of hydrogen-bond donors (Lipinski definition) is 1. The molecule has 1 aliphatic rings. The van der Waals surface area contributed by atoms with E-state index in [-0.39, 0.29) is 12.4 Å². The predicted octanol–water partition coefficient (Wildman–Crippen LogP) is 3.01. The minimum atomic E-state index is 0. The van der Waals surface area contributed by atoms with Crippen molar-refractivity contribution in [3.8, 4) is 11.5 Å². The molecule has 0 unspecified atom stereocenters. The van der Waals surface area contributed by atoms with Gasteiger partial charge in [-0.3, -0.25) is 0 Å². The number of benzene rings is 1. The van der Waals surface area contributed by atoms with Crippen molar-refractivity contribution in [1.29, 1.82) is 0 Å². The molecule has 0 bridgehead atoms. The van der Waals surface area contributed by atoms with E-state index in [9.17, 15) is 0 Å². The summed E-state index contributed by atoms with van der Waals surface area (Å²) in [5, 5.41) is 0. The van der Waals surface area contributed by atoms with Gasteiger partial charge in [0.15, 0.2) is 0 Å². The Labute approximate surface area is 115 Å². The highest BCUT2D eigenvalue weighted by atomic mass is 35.5. The lowest BCUT2D eigenvalue weighted by Gasteiger charge is -2.25. The summed E-state index contributed by atoms with van der Waals surface area (Å²) in [6.45, 7) is 0.792. The van der Waals surface area contributed by atoms with Gasteiger partial charge in [-0.15, -0.1) is 12.4 Å². The molecule has 1 fully saturated rings. The van der Waals surface area contributed by atoms with E-state index in [1.54, 1.807) is 7.11 Å². The molecular weight excluding hydrogens is 250 g/mol. The van der Waals surface area contributed by atoms with Crippen LogP contribution < -0.4 is 15.2 Å². The zero-order valence-corrected chi connectivity index (χ0v) is 11.6. The minimum absolute atomic E-state index is 0. The average molecular weight is 272 g/mol. The van der Waals surface area contributed by atoms with Crippen LogP contribution in [0.4, 0.5) is 0 Å². The van der Waals surface area contributed by atoms with Crippen molar-refractivity contribution in [2.75, 3.05) is 13.7 Å². The van der Waals surface area contributed by atoms with Gasteiger partial charge >= 0.3 is 0 Å². The molecule has 2 rings (SSSR count). The fourth-order valence-electron chi connectivity index (χ4n) is 2.26. The molecule has 0 atom stereocenters. The fraction of sp³-hybridized carbons (Fsp3) is 0.571. The Hall–Kier alpha value is -0.930. The van der Waals surface area contributed by atoms with Crippen molar-refractivity contribution in [3.05, 3.63) is 24.3 Å². The molecule has 0 amide bonds. The van der Waals surface area contributed by atoms with Crippen LogP contribution in [0.1, 0.15) is 25.7 Å². The van der Waals surface area contributed by atoms with E-state index < -0.39 is 0 Å². The molecule has 4 heteroatoms. The van der Waals surface area contributed by atoms with E-state index in [2.05, 4.69) is 0 Å². The molecule has 0 heterocycles. The topological polar surface area (TPSA) is 44.5 Å². The van der Waals surface area contributed by atoms with Crippen LogP contribution in [0.15, 0.2) is 24.3 Å². The van der Waals surface area contributed by atoms with Gasteiger partial charge in [0.2, 0.25) is 0 Å². The number of methoxy groups -OCH3 is 1. The zero-order chi connectivity index (χ0) is 12.1. The van der Waals surface area contributed by atoms with Gasteiger partial charge in [-0.25, -0.2) is 0 Å². The van der Waals surface area contributed by atoms with Crippen LogP contribution in [0.5, 0.6) is 11.5 Å². The van der Waals surface area contributed by atoms with Gasteiger partial charge in [-0.2, -0.15) is 0 Å². The molecule has 2 N–H and O–H groups in total. The molecule has 0 aromatic heterocycles. The lowest BCUT2D eigenvalue weighted by molar-refractivity contribution is 0.200. The maximum Gasteiger partial charge on any atom is 0.122 e. The van der Waals surface area contributed by atoms with Gasteiger partial charge in [0, 0.05) is 12.1 Å². The molecule has 0 saturated heterocycles. The number of hydrogen-bond acceptors (Lipinski definition) is 3. The van der Waals surface area contributed by atoms with E-state index in [1.165, 1.54) is 12.8 Å². The Morgan fingerprint density at radius 3 is 2.50 bits per heavy atom. The summed E-state index contributed by atoms with van der Waals surface area (Å²) in [7, 11) is 1.67. The molecule has 1 aliphatic carbocycles. The van der Waals surface area contributed by atoms with Crippen LogP contribution in [0.2, 0.25) is 0 Å². The standard InChI is InChI=1S/C14H21NO2.ClH/c1-16-13-3-2-4-14(9-13)17-10-11-5-7-12(15)8-6-11;/h2-4,9,11-12H,5-8,10,15H2,1H3;1H. The van der Waals surface area contributed by atoms with Crippen LogP contribution in [0.25, 0.3) is 0 Å². The largest absolute Gasteiger partial charge is 0.497 e. The van der Waals surface area contributed by atoms with E-state index in [4.69, 9.17) is 15.2 Å². The summed E-state index contributed by atoms with van der Waals surface area (Å²) in [4.78, 5) is 0. The van der Waals surface area contributed by atoms with Crippen molar-refractivity contribution >= 4 is 12.4 Å². The Kier molecular flexibility index (Phi) is 6.30. The minimum Gasteiger partial charge on any atom is -0.497 e. The first-order chi connectivity index (χ1) is 8.28. The van der Waals surface area contributed by atoms with E-state index in [0.717, 1.165) is 30.9 Å². The third-order valence-corrected chi connectivity index (χ3v) is 3.42. The number of halogens is 1. The Morgan fingerprint density at radius 1 is 1.17 bits per heavy atom. The summed E-state index contributed by atoms with van der Waals surface area (Å²) in [6, 6.07) is 8.17. The summed E-state index contributed by atoms with van der Waals surface area (Å²) in [5.41, 5.74) is 5.88. The third-order valence-electron chi connectivity index (χ3n) is 3.42. The Balaban J connectivity index is 0.00000162. The van der Waals surface area contributed by atoms with Gasteiger partial charge < -0.3 is 15.2 Å². The van der Waals surface area contributed by atoms with Crippen LogP contribution in [-0.2, 0) is 0 Å². The Morgan fingerprint density at radius 2 is 1.83 bits per heavy atom. The van der Waals surface area contributed by atoms with Crippen molar-refractivity contribution in [3.63, 3.8) is 0 Å². The molecular formula is C14H22ClNO2. The maximum absolute atomic E-state index is 5.88. The SMILES string of the molecule is COc1cccc(OCC2CCC(N)CC2)c1.Cl. The van der Waals surface area contributed by atoms with E-state index in [1.807, 2.05) is 24.3 Å². The second kappa shape index (κ2) is 7.49. The maximum atomic E-state index is 5.88. The molecule has 3 nitrogen and oxygen atoms in total. The van der Waals surface area contributed by atoms with Gasteiger partial charge in [-0.1, -0.05) is 6.07 Å². The third kappa shape index (κ3) is 4.39. The summed E-state index contributed by atoms with van der Waals surface area (Å²) in [5.74, 6) is 2.38. The first-order valence-corrected chi connectivity index (χ1v) is 6.30. The highest BCUT2D eigenvalue weighted by Gasteiger charge is 2.18. The molecule has 1 aromatic rings. The normalized spacial score (nSPS) is 23.0. The molecule has 18 heavy (non-hydrogen) atoms. The number of nitrogens with two attached hydrogens (primary N) is 1. The predicted molar refractivity (Wildman–Crippen MR) is 75.7 cm³/mol. The number of ether oxygens (including phenoxy) is 2. The quantitative estimate of drug-likeness (QED) is 0.916. The fourth-order valence-corrected chi connectivity index (χ4v) is 2.26. The summed E-state index contributed by atoms with van der Waals surface area (Å²) >= 11 is 0. The number of rotatable bonds is 4. The van der Waals surface area contributed by atoms with Crippen molar-refractivity contribution < 1.29 is 9.47 Å². The lowest BCUT2D eigenvalue weighted by Crippen LogP contribution is -2.28. The van der Waals surface area contributed by atoms with Crippen LogP contribution in [-0.4, -0.2) is 19.8 Å². The van der Waals surface area contributed by atoms with Crippen LogP contribution in [0, 0.1) is 5.92 Å². The molecule has 0 radical (unpaired) electrons. The molecule has 0 aliphatic heterocycles. The molecule has 1 aromatic carbocycles. The Bertz CT molecular complexity index is 351. The van der Waals surface area contributed by atoms with E-state index >= 15 is 0 Å². The van der Waals surface area contributed by atoms with Crippen molar-refractivity contribution in [2.24, 2.45) is 11.7 Å². The highest BCUT2D eigenvalue weighted by molar-refractivity contribution is 5.85. The second-order valence-corrected chi connectivity index (χ2v) is 4.77. The van der Waals surface area contributed by atoms with Gasteiger partial charge in [0.1, 0.15) is 11.5 Å². The monoisotopic (exact) mass is 271 g/mol. The highest BCUT2D eigenvalue weighted by Crippen LogP contribution is 2.25. The van der Waals surface area contributed by atoms with Gasteiger partial charge in [0.05, 0.1) is 13.7 Å². The molecule has 1 saturated carbocycles. The smallest absolute Gasteiger partial charge is 0.122 e. The first-order valence-electron chi connectivity index (χ1n) is 6.30. The molecule has 0 spiro atoms. The van der Waals surface area contributed by atoms with Crippen molar-refractivity contribution in [1.82, 2.24) is 0 Å². The van der Waals surface area contributed by atoms with Crippen LogP contribution >= 0.6 is 12.4 Å². The summed E-state index contributed by atoms with van der Waals surface area (Å²) < 4.78 is 11.0. The molecule has 102 valence electrons. The average Bonchev–Trinajstić information content (AvgIpc) is 2.38. The van der Waals surface area contributed by atoms with Crippen LogP contribution in [0.3, 0.4) is 0 Å². The second-order valence-electron chi connectivity index (χ2n) is 4.77. The van der Waals surface area contributed by atoms with E-state index in [0.29, 0.717) is 12.0 Å². The summed E-state index contributed by atoms with van der Waals surface area (Å²) in [6.07, 6.45) is 4.63.